The Morgan fingerprint density at radius 1 is 1.26 bits per heavy atom. The molecule has 0 saturated carbocycles. The highest BCUT2D eigenvalue weighted by Crippen LogP contribution is 2.30. The van der Waals surface area contributed by atoms with Crippen molar-refractivity contribution >= 4 is 5.96 Å². The van der Waals surface area contributed by atoms with E-state index in [1.807, 2.05) is 29.9 Å². The van der Waals surface area contributed by atoms with Gasteiger partial charge >= 0.3 is 0 Å². The molecule has 2 N–H and O–H groups in total. The predicted octanol–water partition coefficient (Wildman–Crippen LogP) is 2.35. The van der Waals surface area contributed by atoms with Crippen molar-refractivity contribution in [2.24, 2.45) is 12.0 Å². The molecule has 0 fully saturated rings. The second kappa shape index (κ2) is 9.30. The van der Waals surface area contributed by atoms with Crippen LogP contribution in [0.4, 0.5) is 0 Å². The molecule has 1 atom stereocenters. The Bertz CT molecular complexity index is 798. The van der Waals surface area contributed by atoms with Crippen LogP contribution in [0.1, 0.15) is 29.4 Å². The Morgan fingerprint density at radius 3 is 2.56 bits per heavy atom. The van der Waals surface area contributed by atoms with E-state index in [4.69, 9.17) is 9.47 Å². The number of para-hydroxylation sites is 1. The molecule has 2 aromatic rings. The van der Waals surface area contributed by atoms with E-state index < -0.39 is 0 Å². The van der Waals surface area contributed by atoms with Gasteiger partial charge in [0.2, 0.25) is 0 Å². The van der Waals surface area contributed by atoms with Gasteiger partial charge in [-0.25, -0.2) is 0 Å². The number of nitrogens with one attached hydrogen (secondary N) is 2. The Morgan fingerprint density at radius 2 is 2.00 bits per heavy atom. The number of hydrogen-bond donors (Lipinski definition) is 2. The number of methoxy groups -OCH3 is 2. The standard InChI is InChI=1S/C20H31N5O2/c1-13(11-17-14(2)24-25(5)15(17)3)23-20(21-4)22-12-16-9-8-10-18(26-6)19(16)27-7/h8-10,13H,11-12H2,1-7H3,(H2,21,22,23). The van der Waals surface area contributed by atoms with Gasteiger partial charge in [0.15, 0.2) is 17.5 Å². The molecule has 7 nitrogen and oxygen atoms in total. The number of nitrogens with zero attached hydrogens (tertiary/aromatic N) is 3. The van der Waals surface area contributed by atoms with Gasteiger partial charge in [-0.15, -0.1) is 0 Å². The molecular weight excluding hydrogens is 342 g/mol. The largest absolute Gasteiger partial charge is 0.493 e. The number of rotatable bonds is 7. The highest BCUT2D eigenvalue weighted by molar-refractivity contribution is 5.80. The maximum Gasteiger partial charge on any atom is 0.191 e. The lowest BCUT2D eigenvalue weighted by atomic mass is 10.1. The third-order valence-electron chi connectivity index (χ3n) is 4.71. The first kappa shape index (κ1) is 20.6. The van der Waals surface area contributed by atoms with Crippen LogP contribution in [0.2, 0.25) is 0 Å². The highest BCUT2D eigenvalue weighted by Gasteiger charge is 2.15. The molecule has 0 amide bonds. The van der Waals surface area contributed by atoms with Crippen molar-refractivity contribution in [1.82, 2.24) is 20.4 Å². The van der Waals surface area contributed by atoms with Gasteiger partial charge in [-0.1, -0.05) is 12.1 Å². The van der Waals surface area contributed by atoms with Crippen LogP contribution >= 0.6 is 0 Å². The summed E-state index contributed by atoms with van der Waals surface area (Å²) in [5, 5.41) is 11.3. The normalized spacial score (nSPS) is 12.6. The average molecular weight is 374 g/mol. The smallest absolute Gasteiger partial charge is 0.191 e. The van der Waals surface area contributed by atoms with Crippen molar-refractivity contribution in [3.8, 4) is 11.5 Å². The lowest BCUT2D eigenvalue weighted by Crippen LogP contribution is -2.42. The van der Waals surface area contributed by atoms with Gasteiger partial charge in [0.25, 0.3) is 0 Å². The van der Waals surface area contributed by atoms with Gasteiger partial charge in [0.1, 0.15) is 0 Å². The van der Waals surface area contributed by atoms with Crippen molar-refractivity contribution < 1.29 is 9.47 Å². The molecule has 1 unspecified atom stereocenters. The Hall–Kier alpha value is -2.70. The monoisotopic (exact) mass is 373 g/mol. The quantitative estimate of drug-likeness (QED) is 0.576. The molecule has 1 aromatic carbocycles. The molecule has 0 saturated heterocycles. The molecule has 148 valence electrons. The van der Waals surface area contributed by atoms with Crippen LogP contribution in [0, 0.1) is 13.8 Å². The molecular formula is C20H31N5O2. The van der Waals surface area contributed by atoms with Crippen molar-refractivity contribution in [1.29, 1.82) is 0 Å². The molecule has 1 aromatic heterocycles. The number of hydrogen-bond acceptors (Lipinski definition) is 4. The fourth-order valence-electron chi connectivity index (χ4n) is 3.17. The summed E-state index contributed by atoms with van der Waals surface area (Å²) in [7, 11) is 7.03. The van der Waals surface area contributed by atoms with Crippen molar-refractivity contribution in [2.45, 2.75) is 39.8 Å². The van der Waals surface area contributed by atoms with Crippen LogP contribution in [0.25, 0.3) is 0 Å². The van der Waals surface area contributed by atoms with E-state index in [0.717, 1.165) is 35.1 Å². The summed E-state index contributed by atoms with van der Waals surface area (Å²) < 4.78 is 12.8. The van der Waals surface area contributed by atoms with Gasteiger partial charge < -0.3 is 20.1 Å². The van der Waals surface area contributed by atoms with Crippen molar-refractivity contribution in [3.05, 3.63) is 40.7 Å². The lowest BCUT2D eigenvalue weighted by Gasteiger charge is -2.19. The summed E-state index contributed by atoms with van der Waals surface area (Å²) in [4.78, 5) is 4.33. The molecule has 2 rings (SSSR count). The third-order valence-corrected chi connectivity index (χ3v) is 4.71. The minimum absolute atomic E-state index is 0.213. The zero-order valence-corrected chi connectivity index (χ0v) is 17.4. The van der Waals surface area contributed by atoms with Gasteiger partial charge in [0, 0.05) is 37.9 Å². The minimum Gasteiger partial charge on any atom is -0.493 e. The van der Waals surface area contributed by atoms with E-state index in [1.54, 1.807) is 21.3 Å². The average Bonchev–Trinajstić information content (AvgIpc) is 2.90. The van der Waals surface area contributed by atoms with Gasteiger partial charge in [-0.05, 0) is 38.8 Å². The summed E-state index contributed by atoms with van der Waals surface area (Å²) in [5.74, 6) is 2.19. The first-order valence-electron chi connectivity index (χ1n) is 9.07. The number of aliphatic imine (C=N–C) groups is 1. The molecule has 7 heteroatoms. The third kappa shape index (κ3) is 4.93. The van der Waals surface area contributed by atoms with Crippen LogP contribution in [0.3, 0.4) is 0 Å². The van der Waals surface area contributed by atoms with E-state index in [-0.39, 0.29) is 6.04 Å². The Balaban J connectivity index is 2.00. The van der Waals surface area contributed by atoms with Gasteiger partial charge in [0.05, 0.1) is 19.9 Å². The van der Waals surface area contributed by atoms with Crippen LogP contribution < -0.4 is 20.1 Å². The van der Waals surface area contributed by atoms with E-state index >= 15 is 0 Å². The lowest BCUT2D eigenvalue weighted by molar-refractivity contribution is 0.351. The molecule has 0 spiro atoms. The topological polar surface area (TPSA) is 72.7 Å². The first-order valence-corrected chi connectivity index (χ1v) is 9.07. The van der Waals surface area contributed by atoms with Gasteiger partial charge in [-0.2, -0.15) is 5.10 Å². The fraction of sp³-hybridized carbons (Fsp3) is 0.500. The summed E-state index contributed by atoms with van der Waals surface area (Å²) in [6.07, 6.45) is 0.884. The Kier molecular flexibility index (Phi) is 7.10. The highest BCUT2D eigenvalue weighted by atomic mass is 16.5. The zero-order valence-electron chi connectivity index (χ0n) is 17.4. The van der Waals surface area contributed by atoms with Crippen LogP contribution in [-0.4, -0.2) is 43.0 Å². The maximum absolute atomic E-state index is 5.49. The second-order valence-corrected chi connectivity index (χ2v) is 6.60. The summed E-state index contributed by atoms with van der Waals surface area (Å²) in [6, 6.07) is 6.05. The number of ether oxygens (including phenoxy) is 2. The molecule has 1 heterocycles. The van der Waals surface area contributed by atoms with Crippen LogP contribution in [0.5, 0.6) is 11.5 Å². The first-order chi connectivity index (χ1) is 12.9. The second-order valence-electron chi connectivity index (χ2n) is 6.60. The number of guanidine groups is 1. The molecule has 0 aliphatic rings. The molecule has 0 radical (unpaired) electrons. The van der Waals surface area contributed by atoms with E-state index in [1.165, 1.54) is 11.3 Å². The summed E-state index contributed by atoms with van der Waals surface area (Å²) in [6.45, 7) is 6.88. The van der Waals surface area contributed by atoms with Gasteiger partial charge in [-0.3, -0.25) is 9.67 Å². The molecule has 0 aliphatic carbocycles. The molecule has 27 heavy (non-hydrogen) atoms. The predicted molar refractivity (Wildman–Crippen MR) is 109 cm³/mol. The fourth-order valence-corrected chi connectivity index (χ4v) is 3.17. The number of aryl methyl sites for hydroxylation is 2. The van der Waals surface area contributed by atoms with Crippen LogP contribution in [-0.2, 0) is 20.0 Å². The number of benzene rings is 1. The Labute approximate surface area is 161 Å². The maximum atomic E-state index is 5.49. The summed E-state index contributed by atoms with van der Waals surface area (Å²) >= 11 is 0. The van der Waals surface area contributed by atoms with E-state index in [0.29, 0.717) is 6.54 Å². The number of aromatic nitrogens is 2. The molecule has 0 bridgehead atoms. The molecule has 0 aliphatic heterocycles. The SMILES string of the molecule is CN=C(NCc1cccc(OC)c1OC)NC(C)Cc1c(C)nn(C)c1C. The van der Waals surface area contributed by atoms with E-state index in [2.05, 4.69) is 41.5 Å². The van der Waals surface area contributed by atoms with E-state index in [9.17, 15) is 0 Å². The summed E-state index contributed by atoms with van der Waals surface area (Å²) in [5.41, 5.74) is 4.56. The van der Waals surface area contributed by atoms with Crippen LogP contribution in [0.15, 0.2) is 23.2 Å². The van der Waals surface area contributed by atoms with Crippen molar-refractivity contribution in [2.75, 3.05) is 21.3 Å². The van der Waals surface area contributed by atoms with Crippen molar-refractivity contribution in [3.63, 3.8) is 0 Å². The minimum atomic E-state index is 0.213. The zero-order chi connectivity index (χ0) is 20.0.